The minimum Gasteiger partial charge on any atom is -0.493 e. The molecule has 1 amide bonds. The number of hydrogen-bond donors (Lipinski definition) is 1. The molecular weight excluding hydrogens is 330 g/mol. The lowest BCUT2D eigenvalue weighted by atomic mass is 9.90. The van der Waals surface area contributed by atoms with E-state index in [0.29, 0.717) is 18.2 Å². The fraction of sp³-hybridized carbons (Fsp3) is 0.667. The molecule has 0 bridgehead atoms. The van der Waals surface area contributed by atoms with E-state index in [9.17, 15) is 9.90 Å². The molecule has 0 radical (unpaired) electrons. The number of ether oxygens (including phenoxy) is 2. The summed E-state index contributed by atoms with van der Waals surface area (Å²) in [5.41, 5.74) is -0.464. The van der Waals surface area contributed by atoms with Gasteiger partial charge in [-0.05, 0) is 58.6 Å². The summed E-state index contributed by atoms with van der Waals surface area (Å²) in [7, 11) is 0. The molecule has 0 spiro atoms. The summed E-state index contributed by atoms with van der Waals surface area (Å²) in [6.45, 7) is 8.60. The molecule has 2 rings (SSSR count). The van der Waals surface area contributed by atoms with Crippen molar-refractivity contribution in [3.63, 3.8) is 0 Å². The SMILES string of the molecule is C[C@H](CN(C(=O)O)C(C)(C)C)Oc1cccc(OCC2CCCCC2)c1. The first kappa shape index (κ1) is 20.4. The van der Waals surface area contributed by atoms with Crippen molar-refractivity contribution in [3.8, 4) is 11.5 Å². The first-order valence-corrected chi connectivity index (χ1v) is 9.66. The van der Waals surface area contributed by atoms with Gasteiger partial charge in [0.25, 0.3) is 0 Å². The van der Waals surface area contributed by atoms with Gasteiger partial charge in [-0.2, -0.15) is 0 Å². The molecule has 0 saturated heterocycles. The summed E-state index contributed by atoms with van der Waals surface area (Å²) in [4.78, 5) is 12.9. The Morgan fingerprint density at radius 1 is 1.23 bits per heavy atom. The zero-order valence-corrected chi connectivity index (χ0v) is 16.5. The molecule has 1 atom stereocenters. The smallest absolute Gasteiger partial charge is 0.407 e. The van der Waals surface area contributed by atoms with Crippen LogP contribution in [0, 0.1) is 5.92 Å². The number of carbonyl (C=O) groups is 1. The molecule has 5 heteroatoms. The van der Waals surface area contributed by atoms with Gasteiger partial charge in [-0.25, -0.2) is 4.79 Å². The highest BCUT2D eigenvalue weighted by atomic mass is 16.5. The van der Waals surface area contributed by atoms with Crippen LogP contribution in [0.1, 0.15) is 59.8 Å². The number of rotatable bonds is 7. The van der Waals surface area contributed by atoms with Crippen molar-refractivity contribution in [1.29, 1.82) is 0 Å². The summed E-state index contributed by atoms with van der Waals surface area (Å²) in [5, 5.41) is 9.41. The monoisotopic (exact) mass is 363 g/mol. The number of carboxylic acid groups (broad SMARTS) is 1. The minimum atomic E-state index is -0.933. The molecule has 0 heterocycles. The lowest BCUT2D eigenvalue weighted by molar-refractivity contribution is 0.0695. The molecule has 1 aliphatic carbocycles. The molecule has 1 fully saturated rings. The van der Waals surface area contributed by atoms with Gasteiger partial charge in [-0.3, -0.25) is 4.90 Å². The van der Waals surface area contributed by atoms with Crippen LogP contribution in [0.5, 0.6) is 11.5 Å². The Labute approximate surface area is 157 Å². The first-order valence-electron chi connectivity index (χ1n) is 9.66. The third-order valence-electron chi connectivity index (χ3n) is 4.83. The Balaban J connectivity index is 1.89. The van der Waals surface area contributed by atoms with E-state index in [1.54, 1.807) is 0 Å². The van der Waals surface area contributed by atoms with Crippen molar-refractivity contribution in [3.05, 3.63) is 24.3 Å². The van der Waals surface area contributed by atoms with Crippen LogP contribution in [0.2, 0.25) is 0 Å². The molecule has 0 aromatic heterocycles. The van der Waals surface area contributed by atoms with Gasteiger partial charge in [0, 0.05) is 11.6 Å². The predicted molar refractivity (Wildman–Crippen MR) is 103 cm³/mol. The Hall–Kier alpha value is -1.91. The van der Waals surface area contributed by atoms with Gasteiger partial charge >= 0.3 is 6.09 Å². The van der Waals surface area contributed by atoms with Crippen molar-refractivity contribution in [2.75, 3.05) is 13.2 Å². The Morgan fingerprint density at radius 2 is 1.88 bits per heavy atom. The van der Waals surface area contributed by atoms with Gasteiger partial charge in [0.2, 0.25) is 0 Å². The highest BCUT2D eigenvalue weighted by molar-refractivity contribution is 5.66. The second-order valence-electron chi connectivity index (χ2n) is 8.28. The summed E-state index contributed by atoms with van der Waals surface area (Å²) in [6.07, 6.45) is 5.29. The van der Waals surface area contributed by atoms with Crippen molar-refractivity contribution in [2.45, 2.75) is 71.4 Å². The summed E-state index contributed by atoms with van der Waals surface area (Å²) < 4.78 is 11.9. The minimum absolute atomic E-state index is 0.251. The van der Waals surface area contributed by atoms with E-state index >= 15 is 0 Å². The summed E-state index contributed by atoms with van der Waals surface area (Å²) >= 11 is 0. The quantitative estimate of drug-likeness (QED) is 0.724. The van der Waals surface area contributed by atoms with Crippen molar-refractivity contribution in [1.82, 2.24) is 4.90 Å². The third kappa shape index (κ3) is 6.43. The van der Waals surface area contributed by atoms with Crippen LogP contribution in [0.4, 0.5) is 4.79 Å². The maximum atomic E-state index is 11.5. The highest BCUT2D eigenvalue weighted by Gasteiger charge is 2.28. The van der Waals surface area contributed by atoms with Gasteiger partial charge in [0.1, 0.15) is 17.6 Å². The van der Waals surface area contributed by atoms with Crippen LogP contribution in [-0.2, 0) is 0 Å². The lowest BCUT2D eigenvalue weighted by Crippen LogP contribution is -2.49. The van der Waals surface area contributed by atoms with Gasteiger partial charge in [0.05, 0.1) is 13.2 Å². The van der Waals surface area contributed by atoms with Crippen LogP contribution in [0.3, 0.4) is 0 Å². The van der Waals surface area contributed by atoms with Gasteiger partial charge in [-0.15, -0.1) is 0 Å². The normalized spacial score (nSPS) is 16.8. The summed E-state index contributed by atoms with van der Waals surface area (Å²) in [5.74, 6) is 2.17. The molecule has 5 nitrogen and oxygen atoms in total. The van der Waals surface area contributed by atoms with E-state index in [-0.39, 0.29) is 6.10 Å². The van der Waals surface area contributed by atoms with Crippen LogP contribution in [0.15, 0.2) is 24.3 Å². The first-order chi connectivity index (χ1) is 12.3. The zero-order chi connectivity index (χ0) is 19.2. The van der Waals surface area contributed by atoms with E-state index in [1.165, 1.54) is 37.0 Å². The predicted octanol–water partition coefficient (Wildman–Crippen LogP) is 5.19. The molecule has 1 saturated carbocycles. The van der Waals surface area contributed by atoms with E-state index in [2.05, 4.69) is 0 Å². The average molecular weight is 363 g/mol. The fourth-order valence-electron chi connectivity index (χ4n) is 3.37. The van der Waals surface area contributed by atoms with E-state index < -0.39 is 11.6 Å². The van der Waals surface area contributed by atoms with Crippen LogP contribution >= 0.6 is 0 Å². The maximum Gasteiger partial charge on any atom is 0.407 e. The van der Waals surface area contributed by atoms with Gasteiger partial charge in [-0.1, -0.05) is 25.3 Å². The van der Waals surface area contributed by atoms with E-state index in [0.717, 1.165) is 12.4 Å². The second kappa shape index (κ2) is 9.15. The molecule has 146 valence electrons. The number of benzene rings is 1. The number of nitrogens with zero attached hydrogens (tertiary/aromatic N) is 1. The molecular formula is C21H33NO4. The maximum absolute atomic E-state index is 11.5. The van der Waals surface area contributed by atoms with Crippen LogP contribution < -0.4 is 9.47 Å². The average Bonchev–Trinajstić information content (AvgIpc) is 2.58. The van der Waals surface area contributed by atoms with Gasteiger partial charge in [0.15, 0.2) is 0 Å². The summed E-state index contributed by atoms with van der Waals surface area (Å²) in [6, 6.07) is 7.63. The molecule has 26 heavy (non-hydrogen) atoms. The third-order valence-corrected chi connectivity index (χ3v) is 4.83. The van der Waals surface area contributed by atoms with E-state index in [1.807, 2.05) is 52.0 Å². The molecule has 1 aromatic carbocycles. The second-order valence-corrected chi connectivity index (χ2v) is 8.28. The van der Waals surface area contributed by atoms with Crippen LogP contribution in [0.25, 0.3) is 0 Å². The Kier molecular flexibility index (Phi) is 7.18. The lowest BCUT2D eigenvalue weighted by Gasteiger charge is -2.35. The van der Waals surface area contributed by atoms with Crippen molar-refractivity contribution in [2.24, 2.45) is 5.92 Å². The Bertz CT molecular complexity index is 576. The largest absolute Gasteiger partial charge is 0.493 e. The molecule has 1 aliphatic rings. The zero-order valence-electron chi connectivity index (χ0n) is 16.5. The van der Waals surface area contributed by atoms with E-state index in [4.69, 9.17) is 9.47 Å². The van der Waals surface area contributed by atoms with Crippen molar-refractivity contribution < 1.29 is 19.4 Å². The van der Waals surface area contributed by atoms with Gasteiger partial charge < -0.3 is 14.6 Å². The standard InChI is InChI=1S/C21H33NO4/c1-16(14-22(20(23)24)21(2,3)4)26-19-12-8-11-18(13-19)25-15-17-9-6-5-7-10-17/h8,11-13,16-17H,5-7,9-10,14-15H2,1-4H3,(H,23,24)/t16-/m1/s1. The number of amides is 1. The molecule has 1 N–H and O–H groups in total. The molecule has 0 unspecified atom stereocenters. The molecule has 0 aliphatic heterocycles. The molecule has 1 aromatic rings. The Morgan fingerprint density at radius 3 is 2.50 bits per heavy atom. The highest BCUT2D eigenvalue weighted by Crippen LogP contribution is 2.26. The fourth-order valence-corrected chi connectivity index (χ4v) is 3.37. The van der Waals surface area contributed by atoms with Crippen molar-refractivity contribution >= 4 is 6.09 Å². The topological polar surface area (TPSA) is 59.0 Å². The van der Waals surface area contributed by atoms with Crippen LogP contribution in [-0.4, -0.2) is 40.9 Å². The number of hydrogen-bond acceptors (Lipinski definition) is 3.